The molecule has 0 saturated carbocycles. The van der Waals surface area contributed by atoms with Crippen LogP contribution in [0.25, 0.3) is 5.69 Å². The Morgan fingerprint density at radius 2 is 2.06 bits per heavy atom. The minimum Gasteiger partial charge on any atom is -0.508 e. The molecule has 1 aromatic heterocycles. The molecule has 5 nitrogen and oxygen atoms in total. The molecule has 84 valence electrons. The van der Waals surface area contributed by atoms with Gasteiger partial charge in [0.05, 0.1) is 18.5 Å². The van der Waals surface area contributed by atoms with Gasteiger partial charge >= 0.3 is 0 Å². The van der Waals surface area contributed by atoms with Crippen LogP contribution < -0.4 is 10.5 Å². The van der Waals surface area contributed by atoms with Gasteiger partial charge in [0.25, 0.3) is 0 Å². The zero-order valence-corrected chi connectivity index (χ0v) is 8.92. The quantitative estimate of drug-likeness (QED) is 0.809. The fourth-order valence-corrected chi connectivity index (χ4v) is 1.46. The van der Waals surface area contributed by atoms with E-state index in [1.165, 1.54) is 0 Å². The Morgan fingerprint density at radius 3 is 2.62 bits per heavy atom. The molecule has 0 saturated heterocycles. The second-order valence-corrected chi connectivity index (χ2v) is 3.31. The molecule has 1 heterocycles. The number of phenols is 1. The van der Waals surface area contributed by atoms with Gasteiger partial charge in [-0.1, -0.05) is 0 Å². The van der Waals surface area contributed by atoms with Crippen molar-refractivity contribution in [3.05, 3.63) is 36.0 Å². The Balaban J connectivity index is 2.45. The molecule has 0 atom stereocenters. The Labute approximate surface area is 93.1 Å². The third kappa shape index (κ3) is 1.85. The molecule has 0 bridgehead atoms. The van der Waals surface area contributed by atoms with Gasteiger partial charge in [-0.25, -0.2) is 4.68 Å². The summed E-state index contributed by atoms with van der Waals surface area (Å²) in [6.07, 6.45) is 0. The zero-order chi connectivity index (χ0) is 11.5. The highest BCUT2D eigenvalue weighted by Gasteiger charge is 2.08. The molecule has 2 rings (SSSR count). The number of nitrogens with two attached hydrogens (primary N) is 1. The van der Waals surface area contributed by atoms with Crippen molar-refractivity contribution in [3.8, 4) is 17.3 Å². The van der Waals surface area contributed by atoms with E-state index in [4.69, 9.17) is 10.5 Å². The van der Waals surface area contributed by atoms with E-state index < -0.39 is 0 Å². The van der Waals surface area contributed by atoms with Gasteiger partial charge in [-0.2, -0.15) is 0 Å². The zero-order valence-electron chi connectivity index (χ0n) is 8.92. The summed E-state index contributed by atoms with van der Waals surface area (Å²) in [5.74, 6) is 0.741. The van der Waals surface area contributed by atoms with E-state index >= 15 is 0 Å². The number of rotatable bonds is 3. The van der Waals surface area contributed by atoms with Crippen molar-refractivity contribution >= 4 is 0 Å². The molecule has 1 aromatic carbocycles. The van der Waals surface area contributed by atoms with E-state index in [0.29, 0.717) is 12.4 Å². The number of aromatic nitrogens is 2. The van der Waals surface area contributed by atoms with Crippen LogP contribution >= 0.6 is 0 Å². The first-order valence-corrected chi connectivity index (χ1v) is 4.87. The van der Waals surface area contributed by atoms with Crippen molar-refractivity contribution in [2.45, 2.75) is 6.54 Å². The maximum absolute atomic E-state index is 9.20. The Bertz CT molecular complexity index is 476. The molecule has 0 aliphatic rings. The molecule has 0 spiro atoms. The lowest BCUT2D eigenvalue weighted by atomic mass is 10.3. The van der Waals surface area contributed by atoms with Crippen molar-refractivity contribution in [1.29, 1.82) is 0 Å². The summed E-state index contributed by atoms with van der Waals surface area (Å²) in [7, 11) is 1.56. The summed E-state index contributed by atoms with van der Waals surface area (Å²) in [5.41, 5.74) is 7.30. The van der Waals surface area contributed by atoms with Gasteiger partial charge < -0.3 is 15.6 Å². The highest BCUT2D eigenvalue weighted by molar-refractivity contribution is 5.38. The first kappa shape index (κ1) is 10.5. The summed E-state index contributed by atoms with van der Waals surface area (Å²) in [5, 5.41) is 13.4. The number of ether oxygens (including phenoxy) is 1. The predicted molar refractivity (Wildman–Crippen MR) is 59.7 cm³/mol. The molecular weight excluding hydrogens is 206 g/mol. The predicted octanol–water partition coefficient (Wildman–Crippen LogP) is 1.05. The Hall–Kier alpha value is -2.01. The van der Waals surface area contributed by atoms with Gasteiger partial charge in [0, 0.05) is 12.6 Å². The summed E-state index contributed by atoms with van der Waals surface area (Å²) < 4.78 is 6.74. The average molecular weight is 219 g/mol. The first-order valence-electron chi connectivity index (χ1n) is 4.87. The Kier molecular flexibility index (Phi) is 2.78. The van der Waals surface area contributed by atoms with Crippen LogP contribution in [0.2, 0.25) is 0 Å². The van der Waals surface area contributed by atoms with Crippen LogP contribution in [0.1, 0.15) is 5.69 Å². The number of benzene rings is 1. The van der Waals surface area contributed by atoms with Crippen molar-refractivity contribution in [3.63, 3.8) is 0 Å². The van der Waals surface area contributed by atoms with E-state index in [2.05, 4.69) is 5.10 Å². The largest absolute Gasteiger partial charge is 0.508 e. The van der Waals surface area contributed by atoms with E-state index in [0.717, 1.165) is 11.4 Å². The highest BCUT2D eigenvalue weighted by atomic mass is 16.5. The second-order valence-electron chi connectivity index (χ2n) is 3.31. The molecule has 5 heteroatoms. The number of nitrogens with zero attached hydrogens (tertiary/aromatic N) is 2. The van der Waals surface area contributed by atoms with Gasteiger partial charge in [-0.05, 0) is 24.3 Å². The van der Waals surface area contributed by atoms with Crippen LogP contribution in [0.15, 0.2) is 30.3 Å². The molecule has 3 N–H and O–H groups in total. The number of hydrogen-bond acceptors (Lipinski definition) is 4. The molecule has 0 radical (unpaired) electrons. The van der Waals surface area contributed by atoms with E-state index in [9.17, 15) is 5.11 Å². The van der Waals surface area contributed by atoms with Crippen LogP contribution in [0, 0.1) is 0 Å². The highest BCUT2D eigenvalue weighted by Crippen LogP contribution is 2.18. The molecule has 16 heavy (non-hydrogen) atoms. The van der Waals surface area contributed by atoms with Gasteiger partial charge in [-0.15, -0.1) is 5.10 Å². The lowest BCUT2D eigenvalue weighted by Crippen LogP contribution is -2.06. The lowest BCUT2D eigenvalue weighted by Gasteiger charge is -2.04. The SMILES string of the molecule is COc1cc(CN)n(-c2ccc(O)cc2)n1. The van der Waals surface area contributed by atoms with Crippen LogP contribution in [0.3, 0.4) is 0 Å². The molecule has 0 fully saturated rings. The maximum atomic E-state index is 9.20. The molecule has 0 aliphatic carbocycles. The smallest absolute Gasteiger partial charge is 0.233 e. The lowest BCUT2D eigenvalue weighted by molar-refractivity contribution is 0.394. The third-order valence-corrected chi connectivity index (χ3v) is 2.27. The fourth-order valence-electron chi connectivity index (χ4n) is 1.46. The molecule has 0 unspecified atom stereocenters. The van der Waals surface area contributed by atoms with Gasteiger partial charge in [0.2, 0.25) is 5.88 Å². The molecule has 0 aliphatic heterocycles. The standard InChI is InChI=1S/C11H13N3O2/c1-16-11-6-9(7-12)14(13-11)8-2-4-10(15)5-3-8/h2-6,15H,7,12H2,1H3. The van der Waals surface area contributed by atoms with Gasteiger partial charge in [0.1, 0.15) is 5.75 Å². The number of phenolic OH excluding ortho intramolecular Hbond substituents is 1. The third-order valence-electron chi connectivity index (χ3n) is 2.27. The monoisotopic (exact) mass is 219 g/mol. The second kappa shape index (κ2) is 4.24. The number of hydrogen-bond donors (Lipinski definition) is 2. The molecular formula is C11H13N3O2. The summed E-state index contributed by atoms with van der Waals surface area (Å²) in [6, 6.07) is 8.52. The van der Waals surface area contributed by atoms with Gasteiger partial charge in [0.15, 0.2) is 0 Å². The van der Waals surface area contributed by atoms with Crippen LogP contribution in [-0.2, 0) is 6.54 Å². The maximum Gasteiger partial charge on any atom is 0.233 e. The normalized spacial score (nSPS) is 10.4. The first-order chi connectivity index (χ1) is 7.74. The molecule has 0 amide bonds. The van der Waals surface area contributed by atoms with Crippen LogP contribution in [0.5, 0.6) is 11.6 Å². The van der Waals surface area contributed by atoms with Crippen LogP contribution in [0.4, 0.5) is 0 Å². The number of aromatic hydroxyl groups is 1. The summed E-state index contributed by atoms with van der Waals surface area (Å²) >= 11 is 0. The van der Waals surface area contributed by atoms with Crippen LogP contribution in [-0.4, -0.2) is 22.0 Å². The summed E-state index contributed by atoms with van der Waals surface area (Å²) in [4.78, 5) is 0. The van der Waals surface area contributed by atoms with Crippen molar-refractivity contribution in [2.75, 3.05) is 7.11 Å². The average Bonchev–Trinajstić information content (AvgIpc) is 2.73. The topological polar surface area (TPSA) is 73.3 Å². The van der Waals surface area contributed by atoms with Crippen molar-refractivity contribution in [1.82, 2.24) is 9.78 Å². The van der Waals surface area contributed by atoms with Crippen molar-refractivity contribution in [2.24, 2.45) is 5.73 Å². The van der Waals surface area contributed by atoms with Crippen molar-refractivity contribution < 1.29 is 9.84 Å². The number of methoxy groups -OCH3 is 1. The van der Waals surface area contributed by atoms with E-state index in [1.807, 2.05) is 0 Å². The minimum atomic E-state index is 0.220. The van der Waals surface area contributed by atoms with Gasteiger partial charge in [-0.3, -0.25) is 0 Å². The minimum absolute atomic E-state index is 0.220. The fraction of sp³-hybridized carbons (Fsp3) is 0.182. The Morgan fingerprint density at radius 1 is 1.38 bits per heavy atom. The molecule has 2 aromatic rings. The summed E-state index contributed by atoms with van der Waals surface area (Å²) in [6.45, 7) is 0.372. The van der Waals surface area contributed by atoms with E-state index in [-0.39, 0.29) is 5.75 Å². The van der Waals surface area contributed by atoms with E-state index in [1.54, 1.807) is 42.1 Å².